The maximum atomic E-state index is 10.9. The first kappa shape index (κ1) is 50.3. The number of aromatic hydroxyl groups is 3. The Morgan fingerprint density at radius 2 is 1.03 bits per heavy atom. The van der Waals surface area contributed by atoms with Crippen LogP contribution in [0.2, 0.25) is 0 Å². The van der Waals surface area contributed by atoms with Gasteiger partial charge in [0.05, 0.1) is 26.4 Å². The molecule has 3 aliphatic carbocycles. The Balaban J connectivity index is 0.000000155. The van der Waals surface area contributed by atoms with E-state index in [1.54, 1.807) is 45.6 Å². The van der Waals surface area contributed by atoms with Crippen molar-refractivity contribution >= 4 is 33.4 Å². The number of ether oxygens (including phenoxy) is 3. The van der Waals surface area contributed by atoms with E-state index < -0.39 is 5.60 Å². The number of halogens is 1. The van der Waals surface area contributed by atoms with Gasteiger partial charge in [-0.2, -0.15) is 0 Å². The summed E-state index contributed by atoms with van der Waals surface area (Å²) in [6.45, 7) is 6.49. The summed E-state index contributed by atoms with van der Waals surface area (Å²) >= 11 is 6.86. The van der Waals surface area contributed by atoms with Crippen LogP contribution >= 0.6 is 11.6 Å². The molecule has 0 radical (unpaired) electrons. The van der Waals surface area contributed by atoms with Crippen LogP contribution in [0.4, 0.5) is 0 Å². The van der Waals surface area contributed by atoms with E-state index >= 15 is 0 Å². The topological polar surface area (TPSA) is 109 Å². The van der Waals surface area contributed by atoms with E-state index in [1.807, 2.05) is 109 Å². The van der Waals surface area contributed by atoms with Gasteiger partial charge < -0.3 is 34.6 Å². The predicted molar refractivity (Wildman–Crippen MR) is 281 cm³/mol. The standard InChI is InChI=1S/C23H21ClO3.C20H24O2.C18H20O2/c1-25-19-10-4-16(5-11-19)22(17-6-12-20(26-2)13-7-17)23(24)18-8-14-21(27-3)15-9-18;1-3-20(22)11-9-18-17-6-4-13-12-14(21)5-7-15(13)16(17)8-10-19(18,20)2;1-3-17(13-5-9-15(19)10-6-13)18(4-2)14-7-11-16(20)12-8-14/h4-15H,1-3H3;1,5,7,12,16-18,21-22H,4,6,8-11H2,2H3;5-12,19-20H,3-4H2,1-2H3/b;;18-17+/t;16-,17-,18+,19+,20+;/m.1./s1. The number of rotatable bonds is 10. The number of benzene rings is 6. The van der Waals surface area contributed by atoms with E-state index in [0.29, 0.717) is 28.5 Å². The van der Waals surface area contributed by atoms with Crippen molar-refractivity contribution in [2.45, 2.75) is 83.7 Å². The second-order valence-electron chi connectivity index (χ2n) is 18.4. The number of methoxy groups -OCH3 is 3. The Morgan fingerprint density at radius 3 is 1.46 bits per heavy atom. The van der Waals surface area contributed by atoms with E-state index in [1.165, 1.54) is 22.3 Å². The van der Waals surface area contributed by atoms with E-state index in [2.05, 4.69) is 32.8 Å². The van der Waals surface area contributed by atoms with Gasteiger partial charge in [-0.05, 0) is 204 Å². The summed E-state index contributed by atoms with van der Waals surface area (Å²) in [6.07, 6.45) is 13.6. The van der Waals surface area contributed by atoms with Gasteiger partial charge in [0.2, 0.25) is 0 Å². The van der Waals surface area contributed by atoms with Crippen molar-refractivity contribution < 1.29 is 34.6 Å². The molecule has 3 aliphatic rings. The quantitative estimate of drug-likeness (QED) is 0.0800. The van der Waals surface area contributed by atoms with Crippen LogP contribution < -0.4 is 14.2 Å². The van der Waals surface area contributed by atoms with Crippen LogP contribution in [0.3, 0.4) is 0 Å². The first-order chi connectivity index (χ1) is 33.3. The molecule has 4 N–H and O–H groups in total. The molecule has 0 bridgehead atoms. The molecule has 6 aromatic carbocycles. The van der Waals surface area contributed by atoms with E-state index in [0.717, 1.165) is 102 Å². The number of allylic oxidation sites excluding steroid dienone is 2. The number of aryl methyl sites for hydroxylation is 1. The second-order valence-corrected chi connectivity index (χ2v) is 18.8. The molecular formula is C61H65ClO7. The zero-order valence-electron chi connectivity index (χ0n) is 40.6. The number of phenolic OH excluding ortho intramolecular Hbond substituents is 3. The SMILES string of the molecule is C#C[C@]1(O)CC[C@H]2[C@@H]3CCc4cc(O)ccc4[C@H]3CC[C@@]21C.CC/C(=C(/CC)c1ccc(O)cc1)c1ccc(O)cc1.COc1ccc(C(Cl)=C(c2ccc(OC)cc2)c2ccc(OC)cc2)cc1. The molecule has 0 aliphatic heterocycles. The lowest BCUT2D eigenvalue weighted by molar-refractivity contribution is -0.0646. The summed E-state index contributed by atoms with van der Waals surface area (Å²) in [5.74, 6) is 7.78. The van der Waals surface area contributed by atoms with Crippen LogP contribution in [0.15, 0.2) is 140 Å². The van der Waals surface area contributed by atoms with Crippen molar-refractivity contribution in [1.29, 1.82) is 0 Å². The van der Waals surface area contributed by atoms with Crippen molar-refractivity contribution in [3.05, 3.63) is 178 Å². The lowest BCUT2D eigenvalue weighted by Gasteiger charge is -2.52. The van der Waals surface area contributed by atoms with Crippen LogP contribution in [0.25, 0.3) is 21.8 Å². The van der Waals surface area contributed by atoms with Gasteiger partial charge in [-0.3, -0.25) is 0 Å². The zero-order valence-corrected chi connectivity index (χ0v) is 41.4. The largest absolute Gasteiger partial charge is 0.508 e. The molecule has 2 fully saturated rings. The van der Waals surface area contributed by atoms with Crippen LogP contribution in [0, 0.1) is 29.6 Å². The van der Waals surface area contributed by atoms with E-state index in [9.17, 15) is 20.4 Å². The molecule has 0 saturated heterocycles. The molecule has 2 saturated carbocycles. The van der Waals surface area contributed by atoms with Gasteiger partial charge >= 0.3 is 0 Å². The lowest BCUT2D eigenvalue weighted by atomic mass is 9.53. The molecule has 0 amide bonds. The molecule has 69 heavy (non-hydrogen) atoms. The minimum atomic E-state index is -0.919. The van der Waals surface area contributed by atoms with E-state index in [-0.39, 0.29) is 16.9 Å². The molecule has 0 heterocycles. The summed E-state index contributed by atoms with van der Waals surface area (Å²) in [6, 6.07) is 44.0. The third-order valence-electron chi connectivity index (χ3n) is 14.9. The highest BCUT2D eigenvalue weighted by Crippen LogP contribution is 2.64. The molecule has 5 atom stereocenters. The fraction of sp³-hybridized carbons (Fsp3) is 0.311. The average Bonchev–Trinajstić information content (AvgIpc) is 3.66. The van der Waals surface area contributed by atoms with Crippen molar-refractivity contribution in [3.63, 3.8) is 0 Å². The van der Waals surface area contributed by atoms with Gasteiger partial charge in [-0.15, -0.1) is 6.42 Å². The summed E-state index contributed by atoms with van der Waals surface area (Å²) < 4.78 is 15.8. The molecule has 0 aromatic heterocycles. The maximum Gasteiger partial charge on any atom is 0.130 e. The number of hydrogen-bond acceptors (Lipinski definition) is 7. The highest BCUT2D eigenvalue weighted by atomic mass is 35.5. The van der Waals surface area contributed by atoms with Gasteiger partial charge in [-0.25, -0.2) is 0 Å². The first-order valence-electron chi connectivity index (χ1n) is 24.0. The summed E-state index contributed by atoms with van der Waals surface area (Å²) in [5, 5.41) is 40.1. The molecule has 7 nitrogen and oxygen atoms in total. The molecular weight excluding hydrogens is 880 g/mol. The van der Waals surface area contributed by atoms with Crippen LogP contribution in [0.5, 0.6) is 34.5 Å². The Labute approximate surface area is 413 Å². The Bertz CT molecular complexity index is 2660. The molecule has 6 aromatic rings. The number of hydrogen-bond donors (Lipinski definition) is 4. The molecule has 358 valence electrons. The normalized spacial score (nSPS) is 21.2. The number of phenols is 3. The Kier molecular flexibility index (Phi) is 16.2. The van der Waals surface area contributed by atoms with Gasteiger partial charge in [0, 0.05) is 11.0 Å². The lowest BCUT2D eigenvalue weighted by Crippen LogP contribution is -2.50. The second kappa shape index (κ2) is 22.2. The minimum absolute atomic E-state index is 0.128. The highest BCUT2D eigenvalue weighted by Gasteiger charge is 2.61. The van der Waals surface area contributed by atoms with Crippen molar-refractivity contribution in [1.82, 2.24) is 0 Å². The third-order valence-corrected chi connectivity index (χ3v) is 15.3. The summed E-state index contributed by atoms with van der Waals surface area (Å²) in [5.41, 5.74) is 10.4. The van der Waals surface area contributed by atoms with Gasteiger partial charge in [0.1, 0.15) is 40.1 Å². The molecule has 0 spiro atoms. The Morgan fingerprint density at radius 1 is 0.594 bits per heavy atom. The van der Waals surface area contributed by atoms with Crippen LogP contribution in [0.1, 0.15) is 111 Å². The first-order valence-corrected chi connectivity index (χ1v) is 24.3. The number of fused-ring (bicyclic) bond motifs is 5. The van der Waals surface area contributed by atoms with Crippen molar-refractivity contribution in [3.8, 4) is 46.8 Å². The number of terminal acetylenes is 1. The fourth-order valence-electron chi connectivity index (χ4n) is 11.1. The average molecular weight is 946 g/mol. The van der Waals surface area contributed by atoms with Crippen molar-refractivity contribution in [2.75, 3.05) is 21.3 Å². The molecule has 0 unspecified atom stereocenters. The molecule has 8 heteroatoms. The van der Waals surface area contributed by atoms with Crippen LogP contribution in [-0.4, -0.2) is 47.4 Å². The number of aliphatic hydroxyl groups is 1. The van der Waals surface area contributed by atoms with Crippen molar-refractivity contribution in [2.24, 2.45) is 17.3 Å². The molecule has 9 rings (SSSR count). The Hall–Kier alpha value is -6.59. The highest BCUT2D eigenvalue weighted by molar-refractivity contribution is 6.53. The van der Waals surface area contributed by atoms with Gasteiger partial charge in [0.15, 0.2) is 0 Å². The third kappa shape index (κ3) is 10.8. The smallest absolute Gasteiger partial charge is 0.130 e. The maximum absolute atomic E-state index is 10.9. The van der Waals surface area contributed by atoms with Gasteiger partial charge in [0.25, 0.3) is 0 Å². The summed E-state index contributed by atoms with van der Waals surface area (Å²) in [4.78, 5) is 0. The zero-order chi connectivity index (χ0) is 49.3. The van der Waals surface area contributed by atoms with Gasteiger partial charge in [-0.1, -0.05) is 92.9 Å². The minimum Gasteiger partial charge on any atom is -0.508 e. The summed E-state index contributed by atoms with van der Waals surface area (Å²) in [7, 11) is 4.95. The van der Waals surface area contributed by atoms with Crippen LogP contribution in [-0.2, 0) is 6.42 Å². The van der Waals surface area contributed by atoms with E-state index in [4.69, 9.17) is 32.2 Å². The predicted octanol–water partition coefficient (Wildman–Crippen LogP) is 14.3. The monoisotopic (exact) mass is 944 g/mol. The fourth-order valence-corrected chi connectivity index (χ4v) is 11.5.